The number of aliphatic carboxylic acids is 1. The molecule has 1 aromatic rings. The molecule has 0 radical (unpaired) electrons. The molecule has 1 saturated heterocycles. The second-order valence-corrected chi connectivity index (χ2v) is 8.05. The van der Waals surface area contributed by atoms with Crippen LogP contribution in [0.5, 0.6) is 0 Å². The van der Waals surface area contributed by atoms with Crippen LogP contribution < -0.4 is 0 Å². The number of aryl methyl sites for hydroxylation is 1. The zero-order valence-corrected chi connectivity index (χ0v) is 12.0. The van der Waals surface area contributed by atoms with Crippen molar-refractivity contribution in [2.75, 3.05) is 11.5 Å². The minimum atomic E-state index is -2.88. The van der Waals surface area contributed by atoms with Crippen molar-refractivity contribution in [2.45, 2.75) is 32.2 Å². The Bertz CT molecular complexity index is 635. The van der Waals surface area contributed by atoms with Crippen LogP contribution in [0.25, 0.3) is 0 Å². The molecule has 1 aromatic heterocycles. The van der Waals surface area contributed by atoms with Crippen LogP contribution in [0.3, 0.4) is 0 Å². The smallest absolute Gasteiger partial charge is 0.308 e. The van der Waals surface area contributed by atoms with Gasteiger partial charge in [-0.3, -0.25) is 4.79 Å². The van der Waals surface area contributed by atoms with E-state index in [1.807, 2.05) is 4.57 Å². The molecule has 0 spiro atoms. The predicted molar refractivity (Wildman–Crippen MR) is 72.1 cm³/mol. The molecule has 0 aromatic carbocycles. The lowest BCUT2D eigenvalue weighted by Gasteiger charge is -2.23. The molecule has 1 fully saturated rings. The third kappa shape index (κ3) is 2.59. The van der Waals surface area contributed by atoms with Crippen molar-refractivity contribution in [3.63, 3.8) is 0 Å². The van der Waals surface area contributed by atoms with Crippen molar-refractivity contribution in [2.24, 2.45) is 11.8 Å². The van der Waals surface area contributed by atoms with Crippen LogP contribution in [0.1, 0.15) is 24.4 Å². The summed E-state index contributed by atoms with van der Waals surface area (Å²) in [4.78, 5) is 15.5. The summed E-state index contributed by atoms with van der Waals surface area (Å²) in [6.45, 7) is 0.458. The van der Waals surface area contributed by atoms with Crippen LogP contribution in [0.2, 0.25) is 0 Å². The fraction of sp³-hybridized carbons (Fsp3) is 0.692. The number of carboxylic acids is 1. The quantitative estimate of drug-likeness (QED) is 0.878. The highest BCUT2D eigenvalue weighted by molar-refractivity contribution is 7.91. The molecule has 0 aliphatic carbocycles. The van der Waals surface area contributed by atoms with Crippen molar-refractivity contribution in [3.8, 4) is 0 Å². The molecular formula is C13H18N2O4S. The Hall–Kier alpha value is -1.37. The first kappa shape index (κ1) is 13.6. The lowest BCUT2D eigenvalue weighted by atomic mass is 9.98. The maximum absolute atomic E-state index is 11.5. The molecule has 3 rings (SSSR count). The molecule has 2 aliphatic rings. The van der Waals surface area contributed by atoms with Gasteiger partial charge in [-0.1, -0.05) is 0 Å². The van der Waals surface area contributed by atoms with Gasteiger partial charge < -0.3 is 9.67 Å². The number of rotatable bonds is 3. The molecule has 1 N–H and O–H groups in total. The van der Waals surface area contributed by atoms with Gasteiger partial charge in [-0.05, 0) is 25.2 Å². The average Bonchev–Trinajstić information content (AvgIpc) is 2.93. The number of carbonyl (C=O) groups is 1. The molecule has 0 amide bonds. The number of imidazole rings is 1. The predicted octanol–water partition coefficient (Wildman–Crippen LogP) is 0.507. The van der Waals surface area contributed by atoms with Crippen molar-refractivity contribution in [3.05, 3.63) is 17.7 Å². The number of aromatic nitrogens is 2. The Morgan fingerprint density at radius 3 is 2.90 bits per heavy atom. The zero-order valence-electron chi connectivity index (χ0n) is 11.2. The molecule has 3 heterocycles. The average molecular weight is 298 g/mol. The Morgan fingerprint density at radius 2 is 2.25 bits per heavy atom. The summed E-state index contributed by atoms with van der Waals surface area (Å²) in [7, 11) is -2.88. The molecule has 20 heavy (non-hydrogen) atoms. The molecule has 110 valence electrons. The van der Waals surface area contributed by atoms with Crippen molar-refractivity contribution < 1.29 is 18.3 Å². The van der Waals surface area contributed by atoms with Crippen molar-refractivity contribution in [1.82, 2.24) is 9.55 Å². The van der Waals surface area contributed by atoms with E-state index in [1.54, 1.807) is 6.20 Å². The molecule has 2 atom stereocenters. The van der Waals surface area contributed by atoms with Gasteiger partial charge in [0.1, 0.15) is 5.82 Å². The molecule has 7 heteroatoms. The normalized spacial score (nSPS) is 28.2. The monoisotopic (exact) mass is 298 g/mol. The lowest BCUT2D eigenvalue weighted by molar-refractivity contribution is -0.142. The third-order valence-electron chi connectivity index (χ3n) is 4.32. The highest BCUT2D eigenvalue weighted by Gasteiger charge is 2.31. The van der Waals surface area contributed by atoms with Gasteiger partial charge in [0.25, 0.3) is 0 Å². The van der Waals surface area contributed by atoms with Crippen molar-refractivity contribution in [1.29, 1.82) is 0 Å². The van der Waals surface area contributed by atoms with E-state index in [0.29, 0.717) is 25.8 Å². The molecule has 2 aliphatic heterocycles. The summed E-state index contributed by atoms with van der Waals surface area (Å²) in [5, 5.41) is 9.13. The summed E-state index contributed by atoms with van der Waals surface area (Å²) in [5.41, 5.74) is 1.07. The van der Waals surface area contributed by atoms with Gasteiger partial charge in [0, 0.05) is 24.9 Å². The minimum Gasteiger partial charge on any atom is -0.481 e. The van der Waals surface area contributed by atoms with E-state index in [1.165, 1.54) is 0 Å². The summed E-state index contributed by atoms with van der Waals surface area (Å²) in [6.07, 6.45) is 4.50. The van der Waals surface area contributed by atoms with Crippen LogP contribution >= 0.6 is 0 Å². The Labute approximate surface area is 117 Å². The molecule has 0 saturated carbocycles. The van der Waals surface area contributed by atoms with Gasteiger partial charge in [0.05, 0.1) is 17.4 Å². The number of nitrogens with zero attached hydrogens (tertiary/aromatic N) is 2. The van der Waals surface area contributed by atoms with E-state index in [0.717, 1.165) is 17.9 Å². The molecule has 0 bridgehead atoms. The minimum absolute atomic E-state index is 0.122. The van der Waals surface area contributed by atoms with E-state index < -0.39 is 15.8 Å². The Kier molecular flexibility index (Phi) is 3.32. The van der Waals surface area contributed by atoms with Crippen LogP contribution in [0.15, 0.2) is 6.20 Å². The Morgan fingerprint density at radius 1 is 1.45 bits per heavy atom. The van der Waals surface area contributed by atoms with E-state index in [2.05, 4.69) is 4.98 Å². The number of carboxylic acid groups (broad SMARTS) is 1. The fourth-order valence-corrected chi connectivity index (χ4v) is 5.03. The maximum atomic E-state index is 11.5. The van der Waals surface area contributed by atoms with Gasteiger partial charge in [-0.25, -0.2) is 13.4 Å². The number of hydrogen-bond donors (Lipinski definition) is 1. The first-order chi connectivity index (χ1) is 9.44. The van der Waals surface area contributed by atoms with Crippen LogP contribution in [0, 0.1) is 11.8 Å². The SMILES string of the molecule is O=C(O)C1CCc2cnc(CC3CCS(=O)(=O)C3)n2C1. The summed E-state index contributed by atoms with van der Waals surface area (Å²) in [6, 6.07) is 0. The van der Waals surface area contributed by atoms with Gasteiger partial charge in [0.2, 0.25) is 0 Å². The van der Waals surface area contributed by atoms with Gasteiger partial charge in [-0.15, -0.1) is 0 Å². The third-order valence-corrected chi connectivity index (χ3v) is 6.16. The van der Waals surface area contributed by atoms with Crippen LogP contribution in [-0.4, -0.2) is 40.6 Å². The van der Waals surface area contributed by atoms with Gasteiger partial charge in [-0.2, -0.15) is 0 Å². The second-order valence-electron chi connectivity index (χ2n) is 5.82. The number of hydrogen-bond acceptors (Lipinski definition) is 4. The summed E-state index contributed by atoms with van der Waals surface area (Å²) in [5.74, 6) is 0.340. The topological polar surface area (TPSA) is 89.3 Å². The van der Waals surface area contributed by atoms with Crippen LogP contribution in [-0.2, 0) is 34.0 Å². The molecular weight excluding hydrogens is 280 g/mol. The maximum Gasteiger partial charge on any atom is 0.308 e. The first-order valence-electron chi connectivity index (χ1n) is 6.91. The Balaban J connectivity index is 1.76. The summed E-state index contributed by atoms with van der Waals surface area (Å²) >= 11 is 0. The second kappa shape index (κ2) is 4.87. The standard InChI is InChI=1S/C13H18N2O4S/c16-13(17)10-1-2-11-6-14-12(15(11)7-10)5-9-3-4-20(18,19)8-9/h6,9-10H,1-5,7-8H2,(H,16,17). The van der Waals surface area contributed by atoms with E-state index in [-0.39, 0.29) is 23.3 Å². The highest BCUT2D eigenvalue weighted by Crippen LogP contribution is 2.26. The zero-order chi connectivity index (χ0) is 14.3. The summed E-state index contributed by atoms with van der Waals surface area (Å²) < 4.78 is 25.0. The number of sulfone groups is 1. The van der Waals surface area contributed by atoms with Gasteiger partial charge >= 0.3 is 5.97 Å². The van der Waals surface area contributed by atoms with E-state index in [9.17, 15) is 13.2 Å². The van der Waals surface area contributed by atoms with Crippen LogP contribution in [0.4, 0.5) is 0 Å². The highest BCUT2D eigenvalue weighted by atomic mass is 32.2. The van der Waals surface area contributed by atoms with E-state index in [4.69, 9.17) is 5.11 Å². The van der Waals surface area contributed by atoms with Crippen molar-refractivity contribution >= 4 is 15.8 Å². The lowest BCUT2D eigenvalue weighted by Crippen LogP contribution is -2.27. The number of fused-ring (bicyclic) bond motifs is 1. The molecule has 2 unspecified atom stereocenters. The van der Waals surface area contributed by atoms with Gasteiger partial charge in [0.15, 0.2) is 9.84 Å². The largest absolute Gasteiger partial charge is 0.481 e. The first-order valence-corrected chi connectivity index (χ1v) is 8.73. The fourth-order valence-electron chi connectivity index (χ4n) is 3.17. The molecule has 6 nitrogen and oxygen atoms in total. The van der Waals surface area contributed by atoms with E-state index >= 15 is 0 Å².